The van der Waals surface area contributed by atoms with Crippen LogP contribution in [0.5, 0.6) is 5.75 Å². The summed E-state index contributed by atoms with van der Waals surface area (Å²) in [5.41, 5.74) is 0.609. The van der Waals surface area contributed by atoms with E-state index in [1.165, 1.54) is 6.07 Å². The Morgan fingerprint density at radius 3 is 2.65 bits per heavy atom. The Morgan fingerprint density at radius 1 is 1.23 bits per heavy atom. The van der Waals surface area contributed by atoms with E-state index in [2.05, 4.69) is 0 Å². The second kappa shape index (κ2) is 8.34. The molecule has 2 aliphatic rings. The molecule has 1 unspecified atom stereocenters. The highest BCUT2D eigenvalue weighted by Gasteiger charge is 2.42. The molecule has 0 bridgehead atoms. The van der Waals surface area contributed by atoms with Crippen molar-refractivity contribution in [2.75, 3.05) is 33.3 Å². The summed E-state index contributed by atoms with van der Waals surface area (Å²) >= 11 is 0. The lowest BCUT2D eigenvalue weighted by Gasteiger charge is -2.46. The number of amides is 2. The van der Waals surface area contributed by atoms with Crippen LogP contribution in [-0.4, -0.2) is 66.6 Å². The molecule has 2 saturated heterocycles. The van der Waals surface area contributed by atoms with Crippen LogP contribution in [0.1, 0.15) is 32.3 Å². The number of carbonyl (C=O) groups is 2. The second-order valence-corrected chi connectivity index (χ2v) is 8.41. The molecular weight excluding hydrogens is 400 g/mol. The summed E-state index contributed by atoms with van der Waals surface area (Å²) in [6.07, 6.45) is 1.42. The topological polar surface area (TPSA) is 89.3 Å². The van der Waals surface area contributed by atoms with Crippen LogP contribution in [0.3, 0.4) is 0 Å². The van der Waals surface area contributed by atoms with E-state index in [0.29, 0.717) is 43.8 Å². The van der Waals surface area contributed by atoms with E-state index in [4.69, 9.17) is 13.9 Å². The molecule has 166 valence electrons. The van der Waals surface area contributed by atoms with E-state index in [9.17, 15) is 14.4 Å². The maximum absolute atomic E-state index is 12.9. The fourth-order valence-electron chi connectivity index (χ4n) is 4.42. The number of nitrogens with zero attached hydrogens (tertiary/aromatic N) is 2. The Morgan fingerprint density at radius 2 is 1.97 bits per heavy atom. The predicted octanol–water partition coefficient (Wildman–Crippen LogP) is 1.97. The van der Waals surface area contributed by atoms with Crippen molar-refractivity contribution in [3.63, 3.8) is 0 Å². The number of carbonyl (C=O) groups excluding carboxylic acids is 2. The number of piperidine rings is 1. The first kappa shape index (κ1) is 21.4. The first-order chi connectivity index (χ1) is 14.8. The Labute approximate surface area is 180 Å². The van der Waals surface area contributed by atoms with E-state index in [-0.39, 0.29) is 24.0 Å². The fraction of sp³-hybridized carbons (Fsp3) is 0.522. The third-order valence-electron chi connectivity index (χ3n) is 6.28. The summed E-state index contributed by atoms with van der Waals surface area (Å²) in [7, 11) is 1.79. The maximum atomic E-state index is 12.9. The molecule has 4 rings (SSSR count). The minimum atomic E-state index is -0.677. The van der Waals surface area contributed by atoms with Crippen molar-refractivity contribution in [1.82, 2.24) is 9.80 Å². The molecule has 1 aromatic heterocycles. The molecule has 0 N–H and O–H groups in total. The Balaban J connectivity index is 1.40. The van der Waals surface area contributed by atoms with Gasteiger partial charge in [-0.1, -0.05) is 6.92 Å². The zero-order chi connectivity index (χ0) is 22.2. The van der Waals surface area contributed by atoms with E-state index in [1.54, 1.807) is 35.9 Å². The summed E-state index contributed by atoms with van der Waals surface area (Å²) in [4.78, 5) is 39.9. The molecule has 0 saturated carbocycles. The quantitative estimate of drug-likeness (QED) is 0.692. The van der Waals surface area contributed by atoms with Gasteiger partial charge in [-0.3, -0.25) is 9.59 Å². The van der Waals surface area contributed by atoms with Crippen LogP contribution in [-0.2, 0) is 20.7 Å². The molecule has 1 aromatic carbocycles. The van der Waals surface area contributed by atoms with Gasteiger partial charge in [0.15, 0.2) is 6.10 Å². The summed E-state index contributed by atoms with van der Waals surface area (Å²) in [6.45, 7) is 5.47. The zero-order valence-electron chi connectivity index (χ0n) is 18.2. The minimum absolute atomic E-state index is 0.0107. The molecule has 8 heteroatoms. The number of morpholine rings is 1. The molecular formula is C23H28N2O6. The molecule has 1 atom stereocenters. The molecule has 0 radical (unpaired) electrons. The van der Waals surface area contributed by atoms with Crippen LogP contribution in [0.4, 0.5) is 0 Å². The molecule has 0 aliphatic carbocycles. The lowest BCUT2D eigenvalue weighted by atomic mass is 9.89. The molecule has 2 aliphatic heterocycles. The lowest BCUT2D eigenvalue weighted by Crippen LogP contribution is -2.59. The third-order valence-corrected chi connectivity index (χ3v) is 6.28. The highest BCUT2D eigenvalue weighted by molar-refractivity contribution is 5.83. The number of aryl methyl sites for hydroxylation is 1. The van der Waals surface area contributed by atoms with Gasteiger partial charge in [0.25, 0.3) is 5.91 Å². The monoisotopic (exact) mass is 428 g/mol. The van der Waals surface area contributed by atoms with Gasteiger partial charge in [0.05, 0.1) is 5.60 Å². The van der Waals surface area contributed by atoms with Gasteiger partial charge in [-0.15, -0.1) is 0 Å². The van der Waals surface area contributed by atoms with E-state index < -0.39 is 11.7 Å². The van der Waals surface area contributed by atoms with Crippen LogP contribution in [0, 0.1) is 0 Å². The van der Waals surface area contributed by atoms with Gasteiger partial charge in [-0.2, -0.15) is 0 Å². The van der Waals surface area contributed by atoms with Crippen molar-refractivity contribution >= 4 is 22.8 Å². The van der Waals surface area contributed by atoms with Gasteiger partial charge in [-0.25, -0.2) is 4.79 Å². The number of likely N-dealkylation sites (tertiary alicyclic amines) is 1. The molecule has 8 nitrogen and oxygen atoms in total. The van der Waals surface area contributed by atoms with Crippen molar-refractivity contribution in [2.24, 2.45) is 0 Å². The first-order valence-electron chi connectivity index (χ1n) is 10.7. The van der Waals surface area contributed by atoms with Crippen molar-refractivity contribution < 1.29 is 23.5 Å². The van der Waals surface area contributed by atoms with Crippen LogP contribution >= 0.6 is 0 Å². The number of likely N-dealkylation sites (N-methyl/N-ethyl adjacent to an activating group) is 1. The third kappa shape index (κ3) is 4.30. The van der Waals surface area contributed by atoms with Crippen LogP contribution in [0.15, 0.2) is 33.5 Å². The lowest BCUT2D eigenvalue weighted by molar-refractivity contribution is -0.171. The zero-order valence-corrected chi connectivity index (χ0v) is 18.2. The van der Waals surface area contributed by atoms with Gasteiger partial charge in [-0.05, 0) is 43.9 Å². The van der Waals surface area contributed by atoms with Crippen molar-refractivity contribution in [3.8, 4) is 5.75 Å². The van der Waals surface area contributed by atoms with Crippen molar-refractivity contribution in [3.05, 3.63) is 40.2 Å². The summed E-state index contributed by atoms with van der Waals surface area (Å²) in [5, 5.41) is 0.866. The average Bonchev–Trinajstić information content (AvgIpc) is 2.76. The number of ether oxygens (including phenoxy) is 2. The number of fused-ring (bicyclic) bond motifs is 1. The van der Waals surface area contributed by atoms with Gasteiger partial charge in [0.2, 0.25) is 5.91 Å². The molecule has 1 spiro atoms. The number of benzene rings is 1. The molecule has 2 amide bonds. The van der Waals surface area contributed by atoms with Crippen LogP contribution in [0.2, 0.25) is 0 Å². The number of hydrogen-bond donors (Lipinski definition) is 0. The largest absolute Gasteiger partial charge is 0.481 e. The Hall–Kier alpha value is -2.87. The summed E-state index contributed by atoms with van der Waals surface area (Å²) in [6, 6.07) is 6.81. The highest BCUT2D eigenvalue weighted by atomic mass is 16.5. The fourth-order valence-corrected chi connectivity index (χ4v) is 4.42. The van der Waals surface area contributed by atoms with Crippen molar-refractivity contribution in [2.45, 2.75) is 44.8 Å². The van der Waals surface area contributed by atoms with E-state index >= 15 is 0 Å². The minimum Gasteiger partial charge on any atom is -0.481 e. The van der Waals surface area contributed by atoms with E-state index in [1.807, 2.05) is 13.0 Å². The molecule has 3 heterocycles. The summed E-state index contributed by atoms with van der Waals surface area (Å²) in [5.74, 6) is 0.372. The maximum Gasteiger partial charge on any atom is 0.336 e. The van der Waals surface area contributed by atoms with Gasteiger partial charge >= 0.3 is 5.63 Å². The standard InChI is InChI=1S/C23H28N2O6/c1-4-16-11-21(27)31-19-12-17(5-6-18(16)19)30-15(2)22(28)25-9-7-23(8-10-25)14-24(3)20(26)13-29-23/h5-6,11-12,15H,4,7-10,13-14H2,1-3H3. The second-order valence-electron chi connectivity index (χ2n) is 8.41. The Kier molecular flexibility index (Phi) is 5.75. The summed E-state index contributed by atoms with van der Waals surface area (Å²) < 4.78 is 17.0. The smallest absolute Gasteiger partial charge is 0.336 e. The molecule has 2 aromatic rings. The normalized spacial score (nSPS) is 19.6. The number of hydrogen-bond acceptors (Lipinski definition) is 6. The van der Waals surface area contributed by atoms with Crippen LogP contribution < -0.4 is 10.4 Å². The predicted molar refractivity (Wildman–Crippen MR) is 114 cm³/mol. The Bertz CT molecular complexity index is 1050. The number of rotatable bonds is 4. The highest BCUT2D eigenvalue weighted by Crippen LogP contribution is 2.30. The molecule has 2 fully saturated rings. The van der Waals surface area contributed by atoms with Gasteiger partial charge in [0.1, 0.15) is 17.9 Å². The van der Waals surface area contributed by atoms with Crippen LogP contribution in [0.25, 0.3) is 11.0 Å². The van der Waals surface area contributed by atoms with Gasteiger partial charge < -0.3 is 23.7 Å². The van der Waals surface area contributed by atoms with Gasteiger partial charge in [0, 0.05) is 44.2 Å². The van der Waals surface area contributed by atoms with E-state index in [0.717, 1.165) is 17.4 Å². The SMILES string of the molecule is CCc1cc(=O)oc2cc(OC(C)C(=O)N3CCC4(CC3)CN(C)C(=O)CO4)ccc12. The first-order valence-corrected chi connectivity index (χ1v) is 10.7. The van der Waals surface area contributed by atoms with Crippen molar-refractivity contribution in [1.29, 1.82) is 0 Å². The molecule has 31 heavy (non-hydrogen) atoms. The average molecular weight is 428 g/mol.